The molecule has 0 spiro atoms. The van der Waals surface area contributed by atoms with Gasteiger partial charge in [-0.2, -0.15) is 4.31 Å². The molecule has 8 heteroatoms. The van der Waals surface area contributed by atoms with Crippen molar-refractivity contribution >= 4 is 28.4 Å². The van der Waals surface area contributed by atoms with E-state index in [4.69, 9.17) is 5.11 Å². The van der Waals surface area contributed by atoms with Crippen molar-refractivity contribution in [3.05, 3.63) is 29.8 Å². The minimum absolute atomic E-state index is 0. The lowest BCUT2D eigenvalue weighted by molar-refractivity contribution is -0.138. The maximum atomic E-state index is 12.4. The number of hydrogen-bond acceptors (Lipinski definition) is 4. The second-order valence-electron chi connectivity index (χ2n) is 4.89. The maximum absolute atomic E-state index is 12.4. The molecular formula is C13H19ClN2O4S. The zero-order valence-corrected chi connectivity index (χ0v) is 13.4. The van der Waals surface area contributed by atoms with E-state index >= 15 is 0 Å². The normalized spacial score (nSPS) is 17.2. The largest absolute Gasteiger partial charge is 0.480 e. The molecule has 1 N–H and O–H groups in total. The Morgan fingerprint density at radius 1 is 1.14 bits per heavy atom. The first kappa shape index (κ1) is 17.9. The van der Waals surface area contributed by atoms with E-state index in [0.717, 1.165) is 5.56 Å². The van der Waals surface area contributed by atoms with Gasteiger partial charge >= 0.3 is 5.97 Å². The molecule has 1 aromatic carbocycles. The summed E-state index contributed by atoms with van der Waals surface area (Å²) in [6, 6.07) is 6.75. The molecule has 1 aliphatic rings. The van der Waals surface area contributed by atoms with Crippen molar-refractivity contribution in [2.45, 2.75) is 11.8 Å². The van der Waals surface area contributed by atoms with Crippen molar-refractivity contribution in [3.8, 4) is 0 Å². The summed E-state index contributed by atoms with van der Waals surface area (Å²) < 4.78 is 26.2. The van der Waals surface area contributed by atoms with Crippen LogP contribution >= 0.6 is 12.4 Å². The minimum Gasteiger partial charge on any atom is -0.480 e. The molecule has 0 unspecified atom stereocenters. The Bertz CT molecular complexity index is 581. The number of benzene rings is 1. The van der Waals surface area contributed by atoms with Gasteiger partial charge in [0.05, 0.1) is 11.4 Å². The molecule has 0 bridgehead atoms. The van der Waals surface area contributed by atoms with Crippen molar-refractivity contribution in [2.75, 3.05) is 32.7 Å². The van der Waals surface area contributed by atoms with Crippen LogP contribution in [0.5, 0.6) is 0 Å². The summed E-state index contributed by atoms with van der Waals surface area (Å²) in [6.45, 7) is 3.39. The number of carbonyl (C=O) groups is 1. The van der Waals surface area contributed by atoms with E-state index in [-0.39, 0.29) is 23.8 Å². The lowest BCUT2D eigenvalue weighted by Gasteiger charge is -2.32. The third-order valence-electron chi connectivity index (χ3n) is 3.35. The second-order valence-corrected chi connectivity index (χ2v) is 6.82. The van der Waals surface area contributed by atoms with Crippen LogP contribution in [0.15, 0.2) is 29.2 Å². The van der Waals surface area contributed by atoms with Crippen LogP contribution in [0.4, 0.5) is 0 Å². The topological polar surface area (TPSA) is 77.9 Å². The number of aryl methyl sites for hydroxylation is 1. The number of halogens is 1. The lowest BCUT2D eigenvalue weighted by Crippen LogP contribution is -2.49. The van der Waals surface area contributed by atoms with E-state index in [1.165, 1.54) is 4.31 Å². The van der Waals surface area contributed by atoms with Crippen molar-refractivity contribution < 1.29 is 18.3 Å². The van der Waals surface area contributed by atoms with E-state index in [1.54, 1.807) is 29.2 Å². The van der Waals surface area contributed by atoms with E-state index < -0.39 is 16.0 Å². The van der Waals surface area contributed by atoms with Gasteiger partial charge in [0, 0.05) is 26.2 Å². The first-order valence-electron chi connectivity index (χ1n) is 6.40. The summed E-state index contributed by atoms with van der Waals surface area (Å²) in [4.78, 5) is 12.7. The Balaban J connectivity index is 0.00000220. The number of carboxylic acids is 1. The Labute approximate surface area is 130 Å². The number of sulfonamides is 1. The molecule has 1 aliphatic heterocycles. The molecule has 0 aliphatic carbocycles. The number of rotatable bonds is 4. The highest BCUT2D eigenvalue weighted by atomic mass is 35.5. The second kappa shape index (κ2) is 7.22. The predicted molar refractivity (Wildman–Crippen MR) is 81.3 cm³/mol. The summed E-state index contributed by atoms with van der Waals surface area (Å²) in [7, 11) is -3.47. The SMILES string of the molecule is Cc1ccc(S(=O)(=O)N2CCN(CC(=O)O)CC2)cc1.Cl. The van der Waals surface area contributed by atoms with Gasteiger partial charge in [0.2, 0.25) is 10.0 Å². The first-order chi connectivity index (χ1) is 9.39. The standard InChI is InChI=1S/C13H18N2O4S.ClH/c1-11-2-4-12(5-3-11)20(18,19)15-8-6-14(7-9-15)10-13(16)17;/h2-5H,6-10H2,1H3,(H,16,17);1H. The number of aliphatic carboxylic acids is 1. The highest BCUT2D eigenvalue weighted by molar-refractivity contribution is 7.89. The van der Waals surface area contributed by atoms with Crippen LogP contribution in [0.3, 0.4) is 0 Å². The summed E-state index contributed by atoms with van der Waals surface area (Å²) in [5.41, 5.74) is 1.01. The smallest absolute Gasteiger partial charge is 0.317 e. The molecule has 118 valence electrons. The number of carboxylic acid groups (broad SMARTS) is 1. The van der Waals surface area contributed by atoms with Gasteiger partial charge in [0.25, 0.3) is 0 Å². The van der Waals surface area contributed by atoms with Gasteiger partial charge in [-0.05, 0) is 19.1 Å². The van der Waals surface area contributed by atoms with Crippen molar-refractivity contribution in [3.63, 3.8) is 0 Å². The van der Waals surface area contributed by atoms with Gasteiger partial charge in [0.1, 0.15) is 0 Å². The van der Waals surface area contributed by atoms with E-state index in [1.807, 2.05) is 6.92 Å². The summed E-state index contributed by atoms with van der Waals surface area (Å²) in [6.07, 6.45) is 0. The number of hydrogen-bond donors (Lipinski definition) is 1. The van der Waals surface area contributed by atoms with E-state index in [0.29, 0.717) is 26.2 Å². The van der Waals surface area contributed by atoms with Crippen LogP contribution in [0.1, 0.15) is 5.56 Å². The number of nitrogens with zero attached hydrogens (tertiary/aromatic N) is 2. The molecule has 0 saturated carbocycles. The third kappa shape index (κ3) is 4.41. The highest BCUT2D eigenvalue weighted by Crippen LogP contribution is 2.18. The summed E-state index contributed by atoms with van der Waals surface area (Å²) >= 11 is 0. The fourth-order valence-corrected chi connectivity index (χ4v) is 3.60. The van der Waals surface area contributed by atoms with Crippen molar-refractivity contribution in [2.24, 2.45) is 0 Å². The van der Waals surface area contributed by atoms with Gasteiger partial charge in [-0.1, -0.05) is 17.7 Å². The van der Waals surface area contributed by atoms with Gasteiger partial charge in [-0.15, -0.1) is 12.4 Å². The third-order valence-corrected chi connectivity index (χ3v) is 5.26. The Morgan fingerprint density at radius 3 is 2.14 bits per heavy atom. The predicted octanol–water partition coefficient (Wildman–Crippen LogP) is 0.808. The van der Waals surface area contributed by atoms with Crippen LogP contribution < -0.4 is 0 Å². The molecule has 6 nitrogen and oxygen atoms in total. The molecule has 1 fully saturated rings. The lowest BCUT2D eigenvalue weighted by atomic mass is 10.2. The van der Waals surface area contributed by atoms with E-state index in [2.05, 4.69) is 0 Å². The molecule has 1 heterocycles. The van der Waals surface area contributed by atoms with Crippen LogP contribution in [0.2, 0.25) is 0 Å². The maximum Gasteiger partial charge on any atom is 0.317 e. The minimum atomic E-state index is -3.47. The molecule has 0 atom stereocenters. The molecule has 0 amide bonds. The quantitative estimate of drug-likeness (QED) is 0.881. The average Bonchev–Trinajstić information content (AvgIpc) is 2.39. The van der Waals surface area contributed by atoms with Crippen molar-refractivity contribution in [1.29, 1.82) is 0 Å². The highest BCUT2D eigenvalue weighted by Gasteiger charge is 2.28. The fraction of sp³-hybridized carbons (Fsp3) is 0.462. The molecule has 1 aromatic rings. The van der Waals surface area contributed by atoms with Gasteiger partial charge in [-0.3, -0.25) is 9.69 Å². The van der Waals surface area contributed by atoms with Gasteiger partial charge in [-0.25, -0.2) is 8.42 Å². The van der Waals surface area contributed by atoms with Gasteiger partial charge in [0.15, 0.2) is 0 Å². The molecule has 0 aromatic heterocycles. The number of piperazine rings is 1. The van der Waals surface area contributed by atoms with Crippen LogP contribution in [0, 0.1) is 6.92 Å². The summed E-state index contributed by atoms with van der Waals surface area (Å²) in [5.74, 6) is -0.889. The summed E-state index contributed by atoms with van der Waals surface area (Å²) in [5, 5.41) is 8.72. The van der Waals surface area contributed by atoms with Crippen molar-refractivity contribution in [1.82, 2.24) is 9.21 Å². The fourth-order valence-electron chi connectivity index (χ4n) is 2.18. The molecule has 0 radical (unpaired) electrons. The molecule has 1 saturated heterocycles. The molecule has 2 rings (SSSR count). The Hall–Kier alpha value is -1.15. The monoisotopic (exact) mass is 334 g/mol. The van der Waals surface area contributed by atoms with E-state index in [9.17, 15) is 13.2 Å². The van der Waals surface area contributed by atoms with Crippen LogP contribution in [-0.4, -0.2) is 61.4 Å². The van der Waals surface area contributed by atoms with Crippen LogP contribution in [0.25, 0.3) is 0 Å². The molecular weight excluding hydrogens is 316 g/mol. The average molecular weight is 335 g/mol. The Kier molecular flexibility index (Phi) is 6.15. The van der Waals surface area contributed by atoms with Crippen LogP contribution in [-0.2, 0) is 14.8 Å². The Morgan fingerprint density at radius 2 is 1.67 bits per heavy atom. The zero-order valence-electron chi connectivity index (χ0n) is 11.7. The van der Waals surface area contributed by atoms with Gasteiger partial charge < -0.3 is 5.11 Å². The molecule has 21 heavy (non-hydrogen) atoms. The zero-order chi connectivity index (χ0) is 14.8. The first-order valence-corrected chi connectivity index (χ1v) is 7.84.